The van der Waals surface area contributed by atoms with Crippen molar-refractivity contribution in [3.8, 4) is 11.5 Å². The fraction of sp³-hybridized carbons (Fsp3) is 0.364. The molecular formula is C22H28N6O3. The van der Waals surface area contributed by atoms with Crippen molar-refractivity contribution in [2.24, 2.45) is 0 Å². The molecule has 0 saturated heterocycles. The Bertz CT molecular complexity index is 999. The second-order valence-corrected chi connectivity index (χ2v) is 6.87. The zero-order valence-corrected chi connectivity index (χ0v) is 18.3. The Hall–Kier alpha value is -3.62. The highest BCUT2D eigenvalue weighted by Crippen LogP contribution is 2.27. The average Bonchev–Trinajstić information content (AvgIpc) is 3.22. The average molecular weight is 425 g/mol. The van der Waals surface area contributed by atoms with Gasteiger partial charge < -0.3 is 19.7 Å². The SMILES string of the molecule is CCN(CC)c1ccc(CC(=O)Nc2cnn(Cc3ccc(OC)c(OC)c3)n2)cn1. The van der Waals surface area contributed by atoms with Gasteiger partial charge in [-0.25, -0.2) is 4.98 Å². The van der Waals surface area contributed by atoms with Crippen LogP contribution in [0.3, 0.4) is 0 Å². The lowest BCUT2D eigenvalue weighted by atomic mass is 10.2. The highest BCUT2D eigenvalue weighted by atomic mass is 16.5. The summed E-state index contributed by atoms with van der Waals surface area (Å²) in [5.41, 5.74) is 1.79. The van der Waals surface area contributed by atoms with E-state index in [1.807, 2.05) is 30.3 Å². The van der Waals surface area contributed by atoms with E-state index in [0.717, 1.165) is 30.0 Å². The topological polar surface area (TPSA) is 94.4 Å². The summed E-state index contributed by atoms with van der Waals surface area (Å²) in [5, 5.41) is 11.3. The van der Waals surface area contributed by atoms with Gasteiger partial charge in [-0.2, -0.15) is 9.90 Å². The zero-order chi connectivity index (χ0) is 22.2. The molecule has 0 bridgehead atoms. The Morgan fingerprint density at radius 1 is 1.03 bits per heavy atom. The van der Waals surface area contributed by atoms with Crippen molar-refractivity contribution in [3.05, 3.63) is 53.9 Å². The van der Waals surface area contributed by atoms with Gasteiger partial charge in [-0.3, -0.25) is 4.79 Å². The van der Waals surface area contributed by atoms with E-state index in [0.29, 0.717) is 23.9 Å². The summed E-state index contributed by atoms with van der Waals surface area (Å²) >= 11 is 0. The van der Waals surface area contributed by atoms with Crippen LogP contribution in [-0.2, 0) is 17.8 Å². The maximum absolute atomic E-state index is 12.4. The van der Waals surface area contributed by atoms with Gasteiger partial charge in [0.1, 0.15) is 5.82 Å². The molecule has 3 aromatic rings. The number of benzene rings is 1. The lowest BCUT2D eigenvalue weighted by molar-refractivity contribution is -0.115. The number of hydrogen-bond donors (Lipinski definition) is 1. The van der Waals surface area contributed by atoms with Crippen molar-refractivity contribution in [2.75, 3.05) is 37.5 Å². The fourth-order valence-electron chi connectivity index (χ4n) is 3.20. The van der Waals surface area contributed by atoms with Crippen LogP contribution in [0.2, 0.25) is 0 Å². The molecule has 0 aliphatic rings. The Morgan fingerprint density at radius 3 is 2.42 bits per heavy atom. The van der Waals surface area contributed by atoms with Crippen LogP contribution in [0, 0.1) is 0 Å². The minimum Gasteiger partial charge on any atom is -0.493 e. The standard InChI is InChI=1S/C22H28N6O3/c1-5-27(6-2)21-10-8-16(13-23-21)12-22(29)25-20-14-24-28(26-20)15-17-7-9-18(30-3)19(11-17)31-4/h7-11,13-14H,5-6,12,15H2,1-4H3,(H,25,26,29). The van der Waals surface area contributed by atoms with Crippen LogP contribution in [0.15, 0.2) is 42.7 Å². The van der Waals surface area contributed by atoms with E-state index in [-0.39, 0.29) is 12.3 Å². The Morgan fingerprint density at radius 2 is 1.77 bits per heavy atom. The maximum atomic E-state index is 12.4. The third-order valence-electron chi connectivity index (χ3n) is 4.84. The molecule has 0 saturated carbocycles. The smallest absolute Gasteiger partial charge is 0.230 e. The molecule has 31 heavy (non-hydrogen) atoms. The number of hydrogen-bond acceptors (Lipinski definition) is 7. The summed E-state index contributed by atoms with van der Waals surface area (Å²) in [5.74, 6) is 2.44. The van der Waals surface area contributed by atoms with Gasteiger partial charge in [0.25, 0.3) is 0 Å². The normalized spacial score (nSPS) is 10.6. The first kappa shape index (κ1) is 22.1. The number of amides is 1. The summed E-state index contributed by atoms with van der Waals surface area (Å²) < 4.78 is 10.6. The molecule has 1 aromatic carbocycles. The first-order valence-electron chi connectivity index (χ1n) is 10.2. The molecule has 2 heterocycles. The van der Waals surface area contributed by atoms with Crippen LogP contribution in [0.1, 0.15) is 25.0 Å². The molecule has 9 heteroatoms. The van der Waals surface area contributed by atoms with E-state index in [1.165, 1.54) is 11.0 Å². The number of pyridine rings is 1. The van der Waals surface area contributed by atoms with Crippen molar-refractivity contribution < 1.29 is 14.3 Å². The lowest BCUT2D eigenvalue weighted by Gasteiger charge is -2.19. The molecule has 3 rings (SSSR count). The molecule has 9 nitrogen and oxygen atoms in total. The van der Waals surface area contributed by atoms with Gasteiger partial charge in [-0.15, -0.1) is 5.10 Å². The Labute approximate surface area is 182 Å². The monoisotopic (exact) mass is 424 g/mol. The first-order chi connectivity index (χ1) is 15.1. The Balaban J connectivity index is 1.57. The number of carbonyl (C=O) groups excluding carboxylic acids is 1. The Kier molecular flexibility index (Phi) is 7.42. The third-order valence-corrected chi connectivity index (χ3v) is 4.84. The van der Waals surface area contributed by atoms with Crippen molar-refractivity contribution >= 4 is 17.5 Å². The number of rotatable bonds is 10. The van der Waals surface area contributed by atoms with Crippen LogP contribution in [0.25, 0.3) is 0 Å². The lowest BCUT2D eigenvalue weighted by Crippen LogP contribution is -2.23. The summed E-state index contributed by atoms with van der Waals surface area (Å²) in [6.45, 7) is 6.40. The maximum Gasteiger partial charge on any atom is 0.230 e. The molecule has 0 radical (unpaired) electrons. The second-order valence-electron chi connectivity index (χ2n) is 6.87. The van der Waals surface area contributed by atoms with Gasteiger partial charge in [0.2, 0.25) is 5.91 Å². The fourth-order valence-corrected chi connectivity index (χ4v) is 3.20. The molecule has 1 N–H and O–H groups in total. The van der Waals surface area contributed by atoms with E-state index in [4.69, 9.17) is 9.47 Å². The number of carbonyl (C=O) groups is 1. The number of aromatic nitrogens is 4. The zero-order valence-electron chi connectivity index (χ0n) is 18.3. The van der Waals surface area contributed by atoms with Crippen molar-refractivity contribution in [3.63, 3.8) is 0 Å². The minimum absolute atomic E-state index is 0.171. The summed E-state index contributed by atoms with van der Waals surface area (Å²) in [4.78, 5) is 20.5. The van der Waals surface area contributed by atoms with Gasteiger partial charge in [-0.1, -0.05) is 12.1 Å². The van der Waals surface area contributed by atoms with E-state index in [1.54, 1.807) is 20.4 Å². The summed E-state index contributed by atoms with van der Waals surface area (Å²) in [6.07, 6.45) is 3.48. The largest absolute Gasteiger partial charge is 0.493 e. The molecule has 1 amide bonds. The van der Waals surface area contributed by atoms with E-state index >= 15 is 0 Å². The molecule has 0 spiro atoms. The van der Waals surface area contributed by atoms with Crippen LogP contribution < -0.4 is 19.7 Å². The minimum atomic E-state index is -0.171. The number of nitrogens with one attached hydrogen (secondary N) is 1. The van der Waals surface area contributed by atoms with Gasteiger partial charge >= 0.3 is 0 Å². The highest BCUT2D eigenvalue weighted by Gasteiger charge is 2.10. The summed E-state index contributed by atoms with van der Waals surface area (Å²) in [7, 11) is 3.19. The van der Waals surface area contributed by atoms with E-state index in [2.05, 4.69) is 39.2 Å². The van der Waals surface area contributed by atoms with Crippen molar-refractivity contribution in [1.82, 2.24) is 20.0 Å². The van der Waals surface area contributed by atoms with Crippen molar-refractivity contribution in [1.29, 1.82) is 0 Å². The summed E-state index contributed by atoms with van der Waals surface area (Å²) in [6, 6.07) is 9.48. The molecule has 2 aromatic heterocycles. The molecule has 0 unspecified atom stereocenters. The van der Waals surface area contributed by atoms with Gasteiger partial charge in [0.05, 0.1) is 33.4 Å². The van der Waals surface area contributed by atoms with Crippen LogP contribution in [-0.4, -0.2) is 53.2 Å². The second kappa shape index (κ2) is 10.4. The number of ether oxygens (including phenoxy) is 2. The molecule has 0 aliphatic carbocycles. The van der Waals surface area contributed by atoms with Gasteiger partial charge in [0, 0.05) is 19.3 Å². The van der Waals surface area contributed by atoms with Crippen LogP contribution in [0.5, 0.6) is 11.5 Å². The van der Waals surface area contributed by atoms with Gasteiger partial charge in [-0.05, 0) is 43.2 Å². The first-order valence-corrected chi connectivity index (χ1v) is 10.2. The third kappa shape index (κ3) is 5.71. The molecule has 0 aliphatic heterocycles. The number of nitrogens with zero attached hydrogens (tertiary/aromatic N) is 5. The molecule has 164 valence electrons. The van der Waals surface area contributed by atoms with Crippen molar-refractivity contribution in [2.45, 2.75) is 26.8 Å². The van der Waals surface area contributed by atoms with Gasteiger partial charge in [0.15, 0.2) is 17.3 Å². The predicted octanol–water partition coefficient (Wildman–Crippen LogP) is 2.77. The molecule has 0 atom stereocenters. The predicted molar refractivity (Wildman–Crippen MR) is 119 cm³/mol. The van der Waals surface area contributed by atoms with E-state index < -0.39 is 0 Å². The highest BCUT2D eigenvalue weighted by molar-refractivity contribution is 5.91. The van der Waals surface area contributed by atoms with E-state index in [9.17, 15) is 4.79 Å². The number of anilines is 2. The van der Waals surface area contributed by atoms with Crippen LogP contribution in [0.4, 0.5) is 11.6 Å². The molecule has 0 fully saturated rings. The quantitative estimate of drug-likeness (QED) is 0.535. The van der Waals surface area contributed by atoms with Crippen LogP contribution >= 0.6 is 0 Å². The molecular weight excluding hydrogens is 396 g/mol. The number of methoxy groups -OCH3 is 2.